The number of nitrogens with one attached hydrogen (secondary N) is 1. The SMILES string of the molecule is CN=CC(=C(N)C(=O)N1CC(F)(F)C[C@@H](C)[C@H]1CNc1cnc(C(F)(F)F)cn1)c1ccc(F)cn1. The number of nitrogens with zero attached hydrogens (tertiary/aromatic N) is 5. The molecule has 3 heterocycles. The Labute approximate surface area is 202 Å². The fraction of sp³-hybridized carbons (Fsp3) is 0.409. The van der Waals surface area contributed by atoms with E-state index in [0.29, 0.717) is 6.20 Å². The second kappa shape index (κ2) is 10.5. The van der Waals surface area contributed by atoms with E-state index >= 15 is 0 Å². The molecule has 1 fully saturated rings. The third-order valence-corrected chi connectivity index (χ3v) is 5.56. The standard InChI is InChI=1S/C22H23F6N7O/c1-12-5-21(24,25)11-35(16(12)8-33-18-10-32-17(9-34-18)22(26,27)28)20(36)19(29)14(7-30-2)15-4-3-13(23)6-31-15/h3-4,6-7,9-10,12,16H,5,8,11,29H2,1-2H3,(H,33,34)/t12-,16-/m1/s1. The quantitative estimate of drug-likeness (QED) is 0.347. The van der Waals surface area contributed by atoms with Gasteiger partial charge in [0, 0.05) is 31.8 Å². The molecule has 36 heavy (non-hydrogen) atoms. The minimum Gasteiger partial charge on any atom is -0.394 e. The van der Waals surface area contributed by atoms with Crippen molar-refractivity contribution >= 4 is 23.5 Å². The summed E-state index contributed by atoms with van der Waals surface area (Å²) < 4.78 is 80.3. The lowest BCUT2D eigenvalue weighted by Crippen LogP contribution is -2.58. The van der Waals surface area contributed by atoms with E-state index in [4.69, 9.17) is 5.73 Å². The van der Waals surface area contributed by atoms with Gasteiger partial charge in [0.25, 0.3) is 11.8 Å². The molecule has 0 aromatic carbocycles. The van der Waals surface area contributed by atoms with Crippen LogP contribution in [0.5, 0.6) is 0 Å². The Morgan fingerprint density at radius 3 is 2.53 bits per heavy atom. The lowest BCUT2D eigenvalue weighted by atomic mass is 9.88. The number of likely N-dealkylation sites (tertiary alicyclic amines) is 1. The van der Waals surface area contributed by atoms with Gasteiger partial charge in [0.1, 0.15) is 17.3 Å². The molecule has 1 saturated heterocycles. The maximum absolute atomic E-state index is 14.5. The number of anilines is 1. The lowest BCUT2D eigenvalue weighted by molar-refractivity contribution is -0.148. The number of amides is 1. The summed E-state index contributed by atoms with van der Waals surface area (Å²) >= 11 is 0. The molecule has 8 nitrogen and oxygen atoms in total. The van der Waals surface area contributed by atoms with Crippen molar-refractivity contribution in [2.75, 3.05) is 25.5 Å². The van der Waals surface area contributed by atoms with Crippen LogP contribution in [-0.4, -0.2) is 64.1 Å². The summed E-state index contributed by atoms with van der Waals surface area (Å²) in [5.74, 6) is -5.50. The van der Waals surface area contributed by atoms with Gasteiger partial charge in [-0.2, -0.15) is 13.2 Å². The molecular weight excluding hydrogens is 492 g/mol. The second-order valence-corrected chi connectivity index (χ2v) is 8.28. The van der Waals surface area contributed by atoms with Crippen LogP contribution in [0.25, 0.3) is 5.57 Å². The highest BCUT2D eigenvalue weighted by atomic mass is 19.4. The number of nitrogens with two attached hydrogens (primary N) is 1. The van der Waals surface area contributed by atoms with Crippen LogP contribution >= 0.6 is 0 Å². The van der Waals surface area contributed by atoms with Gasteiger partial charge < -0.3 is 16.0 Å². The molecule has 3 rings (SSSR count). The van der Waals surface area contributed by atoms with Crippen molar-refractivity contribution in [1.29, 1.82) is 0 Å². The zero-order valence-corrected chi connectivity index (χ0v) is 19.2. The van der Waals surface area contributed by atoms with Crippen molar-refractivity contribution in [1.82, 2.24) is 19.9 Å². The number of aromatic nitrogens is 3. The molecule has 0 spiro atoms. The normalized spacial score (nSPS) is 20.8. The number of hydrogen-bond donors (Lipinski definition) is 2. The number of aliphatic imine (C=N–C) groups is 1. The van der Waals surface area contributed by atoms with Crippen molar-refractivity contribution in [2.24, 2.45) is 16.6 Å². The Kier molecular flexibility index (Phi) is 7.84. The van der Waals surface area contributed by atoms with Gasteiger partial charge in [-0.05, 0) is 18.1 Å². The van der Waals surface area contributed by atoms with E-state index < -0.39 is 60.1 Å². The van der Waals surface area contributed by atoms with E-state index in [1.54, 1.807) is 0 Å². The van der Waals surface area contributed by atoms with Gasteiger partial charge in [-0.3, -0.25) is 14.8 Å². The summed E-state index contributed by atoms with van der Waals surface area (Å²) in [5, 5.41) is 2.75. The van der Waals surface area contributed by atoms with Crippen LogP contribution in [0.15, 0.2) is 41.4 Å². The van der Waals surface area contributed by atoms with Crippen LogP contribution < -0.4 is 11.1 Å². The molecule has 0 aliphatic carbocycles. The fourth-order valence-electron chi connectivity index (χ4n) is 3.86. The van der Waals surface area contributed by atoms with Gasteiger partial charge in [0.2, 0.25) is 0 Å². The van der Waals surface area contributed by atoms with Crippen LogP contribution in [0.3, 0.4) is 0 Å². The first-order chi connectivity index (χ1) is 16.8. The van der Waals surface area contributed by atoms with Gasteiger partial charge >= 0.3 is 6.18 Å². The van der Waals surface area contributed by atoms with Crippen molar-refractivity contribution in [3.8, 4) is 0 Å². The smallest absolute Gasteiger partial charge is 0.394 e. The largest absolute Gasteiger partial charge is 0.434 e. The highest BCUT2D eigenvalue weighted by molar-refractivity contribution is 6.17. The number of piperidine rings is 1. The molecule has 1 aliphatic rings. The summed E-state index contributed by atoms with van der Waals surface area (Å²) in [6, 6.07) is 1.54. The average Bonchev–Trinajstić information content (AvgIpc) is 2.80. The Balaban J connectivity index is 1.89. The minimum atomic E-state index is -4.67. The fourth-order valence-corrected chi connectivity index (χ4v) is 3.86. The molecule has 0 saturated carbocycles. The third-order valence-electron chi connectivity index (χ3n) is 5.56. The Morgan fingerprint density at radius 2 is 1.97 bits per heavy atom. The minimum absolute atomic E-state index is 0.0179. The number of alkyl halides is 5. The van der Waals surface area contributed by atoms with Crippen LogP contribution in [0, 0.1) is 11.7 Å². The predicted molar refractivity (Wildman–Crippen MR) is 119 cm³/mol. The van der Waals surface area contributed by atoms with E-state index in [-0.39, 0.29) is 23.6 Å². The number of carbonyl (C=O) groups is 1. The van der Waals surface area contributed by atoms with E-state index in [1.165, 1.54) is 26.3 Å². The van der Waals surface area contributed by atoms with E-state index in [1.807, 2.05) is 0 Å². The molecule has 2 aromatic heterocycles. The molecule has 1 aliphatic heterocycles. The van der Waals surface area contributed by atoms with Crippen LogP contribution in [-0.2, 0) is 11.0 Å². The lowest BCUT2D eigenvalue weighted by Gasteiger charge is -2.43. The number of pyridine rings is 1. The highest BCUT2D eigenvalue weighted by Gasteiger charge is 2.46. The number of halogens is 6. The maximum atomic E-state index is 14.5. The first-order valence-electron chi connectivity index (χ1n) is 10.7. The molecule has 2 atom stereocenters. The van der Waals surface area contributed by atoms with Crippen LogP contribution in [0.2, 0.25) is 0 Å². The van der Waals surface area contributed by atoms with E-state index in [2.05, 4.69) is 25.3 Å². The maximum Gasteiger partial charge on any atom is 0.434 e. The molecular formula is C22H23F6N7O. The van der Waals surface area contributed by atoms with Gasteiger partial charge in [-0.15, -0.1) is 0 Å². The Hall–Kier alpha value is -3.71. The molecule has 0 bridgehead atoms. The number of allylic oxidation sites excluding steroid dienone is 1. The van der Waals surface area contributed by atoms with Crippen LogP contribution in [0.4, 0.5) is 32.2 Å². The molecule has 194 valence electrons. The zero-order chi connectivity index (χ0) is 26.7. The summed E-state index contributed by atoms with van der Waals surface area (Å²) in [6.07, 6.45) is -1.66. The monoisotopic (exact) mass is 515 g/mol. The number of carbonyl (C=O) groups excluding carboxylic acids is 1. The van der Waals surface area contributed by atoms with Crippen molar-refractivity contribution in [3.05, 3.63) is 53.6 Å². The molecule has 0 unspecified atom stereocenters. The van der Waals surface area contributed by atoms with E-state index in [0.717, 1.165) is 23.4 Å². The predicted octanol–water partition coefficient (Wildman–Crippen LogP) is 3.38. The van der Waals surface area contributed by atoms with Gasteiger partial charge in [-0.1, -0.05) is 6.92 Å². The molecule has 3 N–H and O–H groups in total. The summed E-state index contributed by atoms with van der Waals surface area (Å²) in [5.41, 5.74) is 4.59. The highest BCUT2D eigenvalue weighted by Crippen LogP contribution is 2.35. The summed E-state index contributed by atoms with van der Waals surface area (Å²) in [6.45, 7) is 0.478. The van der Waals surface area contributed by atoms with E-state index in [9.17, 15) is 31.1 Å². The first-order valence-corrected chi connectivity index (χ1v) is 10.7. The van der Waals surface area contributed by atoms with Crippen molar-refractivity contribution < 1.29 is 31.1 Å². The second-order valence-electron chi connectivity index (χ2n) is 8.28. The average molecular weight is 515 g/mol. The van der Waals surface area contributed by atoms with Crippen molar-refractivity contribution in [3.63, 3.8) is 0 Å². The summed E-state index contributed by atoms with van der Waals surface area (Å²) in [7, 11) is 1.40. The molecule has 1 amide bonds. The topological polar surface area (TPSA) is 109 Å². The third kappa shape index (κ3) is 6.29. The summed E-state index contributed by atoms with van der Waals surface area (Å²) in [4.78, 5) is 28.9. The molecule has 0 radical (unpaired) electrons. The zero-order valence-electron chi connectivity index (χ0n) is 19.2. The van der Waals surface area contributed by atoms with Gasteiger partial charge in [0.05, 0.1) is 36.9 Å². The number of rotatable bonds is 6. The van der Waals surface area contributed by atoms with Crippen LogP contribution in [0.1, 0.15) is 24.7 Å². The van der Waals surface area contributed by atoms with Gasteiger partial charge in [0.15, 0.2) is 5.69 Å². The van der Waals surface area contributed by atoms with Crippen molar-refractivity contribution in [2.45, 2.75) is 31.5 Å². The number of hydrogen-bond acceptors (Lipinski definition) is 7. The molecule has 2 aromatic rings. The molecule has 14 heteroatoms. The Bertz CT molecular complexity index is 1130. The van der Waals surface area contributed by atoms with Gasteiger partial charge in [-0.25, -0.2) is 23.1 Å². The first kappa shape index (κ1) is 26.9. The Morgan fingerprint density at radius 1 is 1.25 bits per heavy atom.